The van der Waals surface area contributed by atoms with Crippen LogP contribution in [0.5, 0.6) is 0 Å². The molecule has 3 rings (SSSR count). The van der Waals surface area contributed by atoms with Crippen LogP contribution in [-0.2, 0) is 10.7 Å². The van der Waals surface area contributed by atoms with Crippen molar-refractivity contribution in [3.63, 3.8) is 0 Å². The summed E-state index contributed by atoms with van der Waals surface area (Å²) < 4.78 is 6.91. The van der Waals surface area contributed by atoms with Gasteiger partial charge in [-0.15, -0.1) is 0 Å². The van der Waals surface area contributed by atoms with Gasteiger partial charge in [0.05, 0.1) is 0 Å². The van der Waals surface area contributed by atoms with Gasteiger partial charge < -0.3 is 0 Å². The van der Waals surface area contributed by atoms with Crippen LogP contribution in [0.3, 0.4) is 0 Å². The van der Waals surface area contributed by atoms with Crippen molar-refractivity contribution in [2.75, 3.05) is 18.5 Å². The van der Waals surface area contributed by atoms with Crippen LogP contribution in [0.25, 0.3) is 11.0 Å². The van der Waals surface area contributed by atoms with E-state index < -0.39 is 6.83 Å². The number of nitrogens with zero attached hydrogens (tertiary/aromatic N) is 2. The third kappa shape index (κ3) is 5.56. The Morgan fingerprint density at radius 1 is 0.844 bits per heavy atom. The quantitative estimate of drug-likeness (QED) is 0.277. The van der Waals surface area contributed by atoms with E-state index in [9.17, 15) is 4.79 Å². The summed E-state index contributed by atoms with van der Waals surface area (Å²) in [4.78, 5) is 13.8. The molecule has 1 aromatic heterocycles. The number of hydrogen-bond acceptors (Lipinski definition) is 4. The van der Waals surface area contributed by atoms with Gasteiger partial charge in [0.15, 0.2) is 0 Å². The number of aromatic nitrogens is 3. The summed E-state index contributed by atoms with van der Waals surface area (Å²) in [5.41, 5.74) is 3.08. The number of hydrogen-bond donors (Lipinski definition) is 1. The Morgan fingerprint density at radius 2 is 1.47 bits per heavy atom. The van der Waals surface area contributed by atoms with Gasteiger partial charge in [-0.25, -0.2) is 0 Å². The Labute approximate surface area is 192 Å². The molecule has 1 N–H and O–H groups in total. The van der Waals surface area contributed by atoms with Crippen molar-refractivity contribution in [2.24, 2.45) is 0 Å². The topological polar surface area (TPSA) is 67.9 Å². The average molecular weight is 456 g/mol. The Bertz CT molecular complexity index is 978. The second-order valence-corrected chi connectivity index (χ2v) is 14.7. The average Bonchev–Trinajstić information content (AvgIpc) is 3.30. The molecule has 0 fully saturated rings. The van der Waals surface area contributed by atoms with Gasteiger partial charge in [-0.1, -0.05) is 0 Å². The Hall–Kier alpha value is -2.26. The summed E-state index contributed by atoms with van der Waals surface area (Å²) in [7, 11) is 0. The fourth-order valence-corrected chi connectivity index (χ4v) is 11.3. The van der Waals surface area contributed by atoms with E-state index in [0.29, 0.717) is 16.6 Å². The van der Waals surface area contributed by atoms with Crippen LogP contribution in [0.1, 0.15) is 75.2 Å². The maximum absolute atomic E-state index is 13.8. The van der Waals surface area contributed by atoms with E-state index in [4.69, 9.17) is 4.52 Å². The molecule has 0 aliphatic carbocycles. The molecule has 0 bridgehead atoms. The van der Waals surface area contributed by atoms with E-state index in [1.54, 1.807) is 0 Å². The first-order chi connectivity index (χ1) is 15.5. The number of rotatable bonds is 13. The van der Waals surface area contributed by atoms with Crippen molar-refractivity contribution in [3.8, 4) is 0 Å². The predicted octanol–water partition coefficient (Wildman–Crippen LogP) is 7.18. The Morgan fingerprint density at radius 3 is 2.06 bits per heavy atom. The van der Waals surface area contributed by atoms with Gasteiger partial charge in [0.1, 0.15) is 0 Å². The van der Waals surface area contributed by atoms with Gasteiger partial charge in [0, 0.05) is 0 Å². The maximum atomic E-state index is 13.8. The summed E-state index contributed by atoms with van der Waals surface area (Å²) >= 11 is 0. The minimum atomic E-state index is -2.88. The number of H-pyrrole nitrogens is 1. The van der Waals surface area contributed by atoms with Crippen LogP contribution < -0.4 is 0 Å². The second-order valence-electron chi connectivity index (χ2n) is 9.11. The second kappa shape index (κ2) is 11.0. The number of benzene rings is 2. The molecule has 0 saturated carbocycles. The first kappa shape index (κ1) is 24.4. The number of carbonyl (C=O) groups is 1. The van der Waals surface area contributed by atoms with Crippen LogP contribution in [0.4, 0.5) is 0 Å². The molecular weight excluding hydrogens is 417 g/mol. The van der Waals surface area contributed by atoms with Gasteiger partial charge in [0.2, 0.25) is 0 Å². The van der Waals surface area contributed by atoms with Crippen LogP contribution in [-0.4, -0.2) is 39.9 Å². The van der Waals surface area contributed by atoms with Gasteiger partial charge in [-0.05, 0) is 0 Å². The van der Waals surface area contributed by atoms with E-state index in [2.05, 4.69) is 66.5 Å². The molecule has 2 aromatic carbocycles. The fraction of sp³-hybridized carbons (Fsp3) is 0.500. The van der Waals surface area contributed by atoms with Crippen molar-refractivity contribution in [2.45, 2.75) is 65.5 Å². The Kier molecular flexibility index (Phi) is 8.42. The molecule has 0 spiro atoms. The van der Waals surface area contributed by atoms with Crippen molar-refractivity contribution in [1.29, 1.82) is 0 Å². The summed E-state index contributed by atoms with van der Waals surface area (Å²) in [5.74, 6) is -0.235. The molecule has 32 heavy (non-hydrogen) atoms. The molecule has 1 heterocycles. The number of carbonyl (C=O) groups excluding carboxylic acids is 1. The molecule has 0 aliphatic heterocycles. The number of aromatic amines is 1. The fourth-order valence-electron chi connectivity index (χ4n) is 4.78. The van der Waals surface area contributed by atoms with E-state index >= 15 is 0 Å². The zero-order valence-electron chi connectivity index (χ0n) is 19.8. The number of nitrogens with one attached hydrogen (secondary N) is 1. The van der Waals surface area contributed by atoms with Gasteiger partial charge in [-0.2, -0.15) is 0 Å². The first-order valence-corrected chi connectivity index (χ1v) is 15.0. The van der Waals surface area contributed by atoms with Crippen molar-refractivity contribution in [1.82, 2.24) is 15.4 Å². The standard InChI is InChI=1S/C26H38N3O2P/c1-4-7-18-32(19-8-5-2,20-9-6-3,21-22-14-11-10-12-15-22)31-26(30)23-16-13-17-24-25(23)28-29-27-24/h10-17H,4-9,18-21H2,1-3H3,(H,27,28,29). The molecule has 0 amide bonds. The van der Waals surface area contributed by atoms with E-state index in [1.165, 1.54) is 5.56 Å². The zero-order valence-corrected chi connectivity index (χ0v) is 20.7. The monoisotopic (exact) mass is 455 g/mol. The Balaban J connectivity index is 2.10. The number of unbranched alkanes of at least 4 members (excludes halogenated alkanes) is 3. The van der Waals surface area contributed by atoms with Crippen LogP contribution >= 0.6 is 6.83 Å². The SMILES string of the molecule is CCCCP(CCCC)(CCCC)(Cc1ccccc1)OC(=O)c1cccc2n[nH]nc12. The normalized spacial score (nSPS) is 13.0. The summed E-state index contributed by atoms with van der Waals surface area (Å²) in [6.45, 7) is 3.81. The third-order valence-corrected chi connectivity index (χ3v) is 12.8. The van der Waals surface area contributed by atoms with E-state index in [0.717, 1.165) is 63.2 Å². The summed E-state index contributed by atoms with van der Waals surface area (Å²) in [6.07, 6.45) is 10.4. The first-order valence-electron chi connectivity index (χ1n) is 12.1. The van der Waals surface area contributed by atoms with Gasteiger partial charge in [-0.3, -0.25) is 0 Å². The van der Waals surface area contributed by atoms with Crippen LogP contribution in [0, 0.1) is 0 Å². The van der Waals surface area contributed by atoms with E-state index in [1.807, 2.05) is 18.2 Å². The molecular formula is C26H38N3O2P. The molecule has 0 aliphatic rings. The van der Waals surface area contributed by atoms with Crippen molar-refractivity contribution >= 4 is 23.8 Å². The number of para-hydroxylation sites is 1. The van der Waals surface area contributed by atoms with Crippen molar-refractivity contribution in [3.05, 3.63) is 59.7 Å². The van der Waals surface area contributed by atoms with Crippen LogP contribution in [0.2, 0.25) is 0 Å². The molecule has 0 saturated heterocycles. The summed E-state index contributed by atoms with van der Waals surface area (Å²) in [5, 5.41) is 11.1. The predicted molar refractivity (Wildman–Crippen MR) is 136 cm³/mol. The van der Waals surface area contributed by atoms with Gasteiger partial charge >= 0.3 is 192 Å². The van der Waals surface area contributed by atoms with E-state index in [-0.39, 0.29) is 5.97 Å². The third-order valence-electron chi connectivity index (χ3n) is 6.57. The van der Waals surface area contributed by atoms with Crippen molar-refractivity contribution < 1.29 is 9.32 Å². The molecule has 3 aromatic rings. The molecule has 0 unspecified atom stereocenters. The summed E-state index contributed by atoms with van der Waals surface area (Å²) in [6, 6.07) is 16.2. The van der Waals surface area contributed by atoms with Gasteiger partial charge in [0.25, 0.3) is 0 Å². The molecule has 0 atom stereocenters. The molecule has 174 valence electrons. The number of fused-ring (bicyclic) bond motifs is 1. The molecule has 5 nitrogen and oxygen atoms in total. The molecule has 6 heteroatoms. The zero-order chi connectivity index (χ0) is 22.9. The molecule has 0 radical (unpaired) electrons. The minimum absolute atomic E-state index is 0.235. The van der Waals surface area contributed by atoms with Crippen LogP contribution in [0.15, 0.2) is 48.5 Å².